The summed E-state index contributed by atoms with van der Waals surface area (Å²) in [6, 6.07) is 8.01. The van der Waals surface area contributed by atoms with Crippen LogP contribution in [-0.4, -0.2) is 43.2 Å². The number of nitrogens with zero attached hydrogens (tertiary/aromatic N) is 1. The van der Waals surface area contributed by atoms with Crippen LogP contribution in [0.2, 0.25) is 0 Å². The van der Waals surface area contributed by atoms with Crippen LogP contribution in [-0.2, 0) is 0 Å². The predicted octanol–water partition coefficient (Wildman–Crippen LogP) is 2.90. The van der Waals surface area contributed by atoms with Gasteiger partial charge in [-0.05, 0) is 51.6 Å². The zero-order valence-corrected chi connectivity index (χ0v) is 13.4. The van der Waals surface area contributed by atoms with Crippen LogP contribution in [0.25, 0.3) is 0 Å². The van der Waals surface area contributed by atoms with E-state index in [1.807, 2.05) is 24.3 Å². The van der Waals surface area contributed by atoms with Gasteiger partial charge in [0.15, 0.2) is 0 Å². The van der Waals surface area contributed by atoms with Gasteiger partial charge in [-0.2, -0.15) is 0 Å². The van der Waals surface area contributed by atoms with E-state index in [9.17, 15) is 0 Å². The summed E-state index contributed by atoms with van der Waals surface area (Å²) in [4.78, 5) is 2.48. The summed E-state index contributed by atoms with van der Waals surface area (Å²) in [6.45, 7) is 9.59. The molecule has 3 nitrogen and oxygen atoms in total. The second-order valence-electron chi connectivity index (χ2n) is 5.75. The van der Waals surface area contributed by atoms with E-state index in [-0.39, 0.29) is 5.54 Å². The van der Waals surface area contributed by atoms with Gasteiger partial charge in [0.1, 0.15) is 12.4 Å². The summed E-state index contributed by atoms with van der Waals surface area (Å²) in [5, 5.41) is 3.58. The maximum absolute atomic E-state index is 5.81. The van der Waals surface area contributed by atoms with Crippen LogP contribution in [0.15, 0.2) is 28.7 Å². The number of nitrogens with one attached hydrogen (secondary N) is 1. The highest BCUT2D eigenvalue weighted by atomic mass is 79.9. The Morgan fingerprint density at radius 3 is 3.05 bits per heavy atom. The lowest BCUT2D eigenvalue weighted by Gasteiger charge is -2.29. The molecule has 0 atom stereocenters. The molecule has 0 bridgehead atoms. The van der Waals surface area contributed by atoms with Crippen LogP contribution < -0.4 is 10.1 Å². The largest absolute Gasteiger partial charge is 0.492 e. The van der Waals surface area contributed by atoms with Gasteiger partial charge < -0.3 is 10.1 Å². The Hall–Kier alpha value is -0.580. The molecule has 0 aromatic heterocycles. The first kappa shape index (κ1) is 14.8. The molecule has 0 saturated carbocycles. The highest BCUT2D eigenvalue weighted by Gasteiger charge is 2.23. The molecule has 1 aromatic rings. The number of halogens is 1. The summed E-state index contributed by atoms with van der Waals surface area (Å²) >= 11 is 3.46. The standard InChI is InChI=1S/C15H23BrN2O/c1-15(2)12-18(8-4-7-17-15)9-10-19-14-6-3-5-13(16)11-14/h3,5-6,11,17H,4,7-10,12H2,1-2H3. The Morgan fingerprint density at radius 2 is 2.26 bits per heavy atom. The maximum atomic E-state index is 5.81. The molecule has 1 fully saturated rings. The van der Waals surface area contributed by atoms with Crippen LogP contribution in [0.4, 0.5) is 0 Å². The third-order valence-corrected chi connectivity index (χ3v) is 3.84. The van der Waals surface area contributed by atoms with Crippen molar-refractivity contribution in [3.8, 4) is 5.75 Å². The van der Waals surface area contributed by atoms with Crippen molar-refractivity contribution in [2.45, 2.75) is 25.8 Å². The molecule has 106 valence electrons. The minimum Gasteiger partial charge on any atom is -0.492 e. The lowest BCUT2D eigenvalue weighted by molar-refractivity contribution is 0.187. The fourth-order valence-electron chi connectivity index (χ4n) is 2.46. The molecule has 0 spiro atoms. The van der Waals surface area contributed by atoms with Gasteiger partial charge in [-0.15, -0.1) is 0 Å². The lowest BCUT2D eigenvalue weighted by Crippen LogP contribution is -2.47. The predicted molar refractivity (Wildman–Crippen MR) is 82.8 cm³/mol. The summed E-state index contributed by atoms with van der Waals surface area (Å²) < 4.78 is 6.87. The van der Waals surface area contributed by atoms with Crippen LogP contribution in [0.1, 0.15) is 20.3 Å². The molecule has 19 heavy (non-hydrogen) atoms. The number of hydrogen-bond acceptors (Lipinski definition) is 3. The first-order valence-electron chi connectivity index (χ1n) is 6.91. The topological polar surface area (TPSA) is 24.5 Å². The van der Waals surface area contributed by atoms with Crippen molar-refractivity contribution in [2.75, 3.05) is 32.8 Å². The smallest absolute Gasteiger partial charge is 0.120 e. The minimum absolute atomic E-state index is 0.201. The van der Waals surface area contributed by atoms with Crippen LogP contribution in [0.3, 0.4) is 0 Å². The molecule has 1 aliphatic heterocycles. The van der Waals surface area contributed by atoms with Crippen LogP contribution in [0.5, 0.6) is 5.75 Å². The zero-order chi connectivity index (χ0) is 13.7. The molecule has 1 saturated heterocycles. The number of hydrogen-bond donors (Lipinski definition) is 1. The van der Waals surface area contributed by atoms with Gasteiger partial charge in [0.05, 0.1) is 0 Å². The molecule has 0 aliphatic carbocycles. The minimum atomic E-state index is 0.201. The quantitative estimate of drug-likeness (QED) is 0.920. The first-order valence-corrected chi connectivity index (χ1v) is 7.70. The second kappa shape index (κ2) is 6.73. The summed E-state index contributed by atoms with van der Waals surface area (Å²) in [5.74, 6) is 0.932. The normalized spacial score (nSPS) is 19.9. The Morgan fingerprint density at radius 1 is 1.42 bits per heavy atom. The lowest BCUT2D eigenvalue weighted by atomic mass is 10.1. The fourth-order valence-corrected chi connectivity index (χ4v) is 2.84. The van der Waals surface area contributed by atoms with Crippen molar-refractivity contribution in [2.24, 2.45) is 0 Å². The molecule has 1 aromatic carbocycles. The van der Waals surface area contributed by atoms with Crippen molar-refractivity contribution in [1.29, 1.82) is 0 Å². The van der Waals surface area contributed by atoms with Gasteiger partial charge in [0, 0.05) is 23.1 Å². The van der Waals surface area contributed by atoms with Gasteiger partial charge in [-0.1, -0.05) is 22.0 Å². The van der Waals surface area contributed by atoms with Crippen molar-refractivity contribution in [3.63, 3.8) is 0 Å². The fraction of sp³-hybridized carbons (Fsp3) is 0.600. The molecule has 1 heterocycles. The number of benzene rings is 1. The SMILES string of the molecule is CC1(C)CN(CCOc2cccc(Br)c2)CCCN1. The number of rotatable bonds is 4. The van der Waals surface area contributed by atoms with E-state index in [1.54, 1.807) is 0 Å². The second-order valence-corrected chi connectivity index (χ2v) is 6.66. The van der Waals surface area contributed by atoms with Crippen molar-refractivity contribution < 1.29 is 4.74 Å². The molecule has 2 rings (SSSR count). The Balaban J connectivity index is 1.78. The average molecular weight is 327 g/mol. The maximum Gasteiger partial charge on any atom is 0.120 e. The van der Waals surface area contributed by atoms with Crippen LogP contribution >= 0.6 is 15.9 Å². The Bertz CT molecular complexity index is 409. The highest BCUT2D eigenvalue weighted by Crippen LogP contribution is 2.18. The van der Waals surface area contributed by atoms with Crippen molar-refractivity contribution in [3.05, 3.63) is 28.7 Å². The molecule has 1 aliphatic rings. The molecule has 0 amide bonds. The van der Waals surface area contributed by atoms with E-state index in [2.05, 4.69) is 40.0 Å². The molecule has 0 radical (unpaired) electrons. The molecule has 0 unspecified atom stereocenters. The van der Waals surface area contributed by atoms with E-state index in [4.69, 9.17) is 4.74 Å². The van der Waals surface area contributed by atoms with E-state index in [0.717, 1.165) is 43.0 Å². The number of ether oxygens (including phenoxy) is 1. The molecule has 1 N–H and O–H groups in total. The van der Waals surface area contributed by atoms with Gasteiger partial charge in [0.25, 0.3) is 0 Å². The van der Waals surface area contributed by atoms with E-state index in [0.29, 0.717) is 0 Å². The van der Waals surface area contributed by atoms with E-state index >= 15 is 0 Å². The van der Waals surface area contributed by atoms with E-state index in [1.165, 1.54) is 6.42 Å². The summed E-state index contributed by atoms with van der Waals surface area (Å²) in [6.07, 6.45) is 1.21. The van der Waals surface area contributed by atoms with Crippen molar-refractivity contribution in [1.82, 2.24) is 10.2 Å². The van der Waals surface area contributed by atoms with E-state index < -0.39 is 0 Å². The average Bonchev–Trinajstić information content (AvgIpc) is 2.50. The van der Waals surface area contributed by atoms with Gasteiger partial charge >= 0.3 is 0 Å². The zero-order valence-electron chi connectivity index (χ0n) is 11.8. The Kier molecular flexibility index (Phi) is 5.25. The molecular formula is C15H23BrN2O. The molecular weight excluding hydrogens is 304 g/mol. The third kappa shape index (κ3) is 5.13. The van der Waals surface area contributed by atoms with Gasteiger partial charge in [-0.25, -0.2) is 0 Å². The third-order valence-electron chi connectivity index (χ3n) is 3.35. The monoisotopic (exact) mass is 326 g/mol. The van der Waals surface area contributed by atoms with Crippen molar-refractivity contribution >= 4 is 15.9 Å². The summed E-state index contributed by atoms with van der Waals surface area (Å²) in [5.41, 5.74) is 0.201. The molecule has 4 heteroatoms. The van der Waals surface area contributed by atoms with Crippen LogP contribution in [0, 0.1) is 0 Å². The van der Waals surface area contributed by atoms with Gasteiger partial charge in [-0.3, -0.25) is 4.90 Å². The first-order chi connectivity index (χ1) is 9.05. The highest BCUT2D eigenvalue weighted by molar-refractivity contribution is 9.10. The Labute approximate surface area is 124 Å². The summed E-state index contributed by atoms with van der Waals surface area (Å²) in [7, 11) is 0. The van der Waals surface area contributed by atoms with Gasteiger partial charge in [0.2, 0.25) is 0 Å².